The van der Waals surface area contributed by atoms with Crippen molar-refractivity contribution in [3.05, 3.63) is 65.2 Å². The summed E-state index contributed by atoms with van der Waals surface area (Å²) in [7, 11) is 1.61. The Labute approximate surface area is 202 Å². The van der Waals surface area contributed by atoms with Crippen LogP contribution in [-0.4, -0.2) is 48.7 Å². The summed E-state index contributed by atoms with van der Waals surface area (Å²) in [4.78, 5) is 18.1. The first kappa shape index (κ1) is 23.4. The van der Waals surface area contributed by atoms with Crippen LogP contribution in [0.15, 0.2) is 64.6 Å². The predicted octanol–water partition coefficient (Wildman–Crippen LogP) is 4.72. The molecule has 8 nitrogen and oxygen atoms in total. The molecule has 0 radical (unpaired) electrons. The maximum absolute atomic E-state index is 12.4. The Morgan fingerprint density at radius 3 is 2.50 bits per heavy atom. The van der Waals surface area contributed by atoms with Gasteiger partial charge in [-0.2, -0.15) is 4.99 Å². The molecular weight excluding hydrogens is 454 g/mol. The monoisotopic (exact) mass is 479 g/mol. The molecule has 0 unspecified atom stereocenters. The highest BCUT2D eigenvalue weighted by Crippen LogP contribution is 2.32. The van der Waals surface area contributed by atoms with Crippen LogP contribution in [0.4, 0.5) is 0 Å². The number of hydrogen-bond donors (Lipinski definition) is 1. The van der Waals surface area contributed by atoms with Crippen LogP contribution in [0.1, 0.15) is 18.9 Å². The molecule has 0 atom stereocenters. The molecule has 0 fully saturated rings. The van der Waals surface area contributed by atoms with Crippen molar-refractivity contribution in [1.82, 2.24) is 4.90 Å². The van der Waals surface area contributed by atoms with Gasteiger partial charge in [-0.25, -0.2) is 0 Å². The number of para-hydroxylation sites is 2. The summed E-state index contributed by atoms with van der Waals surface area (Å²) in [5.41, 5.74) is 0.943. The van der Waals surface area contributed by atoms with Crippen LogP contribution in [0.2, 0.25) is 0 Å². The Morgan fingerprint density at radius 1 is 1.03 bits per heavy atom. The number of carbonyl (C=O) groups excluding carboxylic acids is 1. The molecule has 2 aromatic rings. The Morgan fingerprint density at radius 2 is 1.76 bits per heavy atom. The molecule has 2 aromatic carbocycles. The lowest BCUT2D eigenvalue weighted by Crippen LogP contribution is -2.35. The van der Waals surface area contributed by atoms with E-state index in [1.807, 2.05) is 37.3 Å². The topological polar surface area (TPSA) is 93.4 Å². The van der Waals surface area contributed by atoms with Crippen LogP contribution < -0.4 is 18.9 Å². The molecule has 1 N–H and O–H groups in total. The van der Waals surface area contributed by atoms with Crippen LogP contribution in [-0.2, 0) is 4.79 Å². The van der Waals surface area contributed by atoms with E-state index in [1.165, 1.54) is 11.8 Å². The number of nitrogens with zero attached hydrogens (tertiary/aromatic N) is 2. The number of nitrogens with one attached hydrogen (secondary N) is 1. The molecule has 2 aliphatic heterocycles. The summed E-state index contributed by atoms with van der Waals surface area (Å²) in [5.74, 6) is 2.23. The van der Waals surface area contributed by atoms with Crippen LogP contribution in [0.5, 0.6) is 23.0 Å². The zero-order chi connectivity index (χ0) is 23.9. The van der Waals surface area contributed by atoms with E-state index in [1.54, 1.807) is 41.8 Å². The predicted molar refractivity (Wildman–Crippen MR) is 133 cm³/mol. The largest absolute Gasteiger partial charge is 0.493 e. The summed E-state index contributed by atoms with van der Waals surface area (Å²) in [6, 6.07) is 12.9. The Kier molecular flexibility index (Phi) is 7.54. The van der Waals surface area contributed by atoms with Crippen molar-refractivity contribution in [3.8, 4) is 23.0 Å². The van der Waals surface area contributed by atoms with Crippen LogP contribution in [0.25, 0.3) is 6.08 Å². The fraction of sp³-hybridized carbons (Fsp3) is 0.240. The number of ether oxygens (including phenoxy) is 4. The lowest BCUT2D eigenvalue weighted by molar-refractivity contribution is -0.114. The van der Waals surface area contributed by atoms with E-state index in [0.29, 0.717) is 54.4 Å². The summed E-state index contributed by atoms with van der Waals surface area (Å²) >= 11 is 1.32. The molecule has 4 rings (SSSR count). The number of rotatable bonds is 10. The summed E-state index contributed by atoms with van der Waals surface area (Å²) in [6.45, 7) is 3.27. The van der Waals surface area contributed by atoms with Gasteiger partial charge in [0.15, 0.2) is 28.2 Å². The van der Waals surface area contributed by atoms with Gasteiger partial charge in [0.1, 0.15) is 5.84 Å². The Hall–Kier alpha value is -3.72. The van der Waals surface area contributed by atoms with Gasteiger partial charge in [-0.15, -0.1) is 0 Å². The minimum absolute atomic E-state index is 0.101. The average Bonchev–Trinajstić information content (AvgIpc) is 3.31. The molecular formula is C25H25N3O5S. The molecule has 0 saturated heterocycles. The fourth-order valence-corrected chi connectivity index (χ4v) is 4.07. The highest BCUT2D eigenvalue weighted by atomic mass is 32.2. The normalized spacial score (nSPS) is 15.9. The van der Waals surface area contributed by atoms with Gasteiger partial charge in [0.05, 0.1) is 32.5 Å². The lowest BCUT2D eigenvalue weighted by atomic mass is 10.1. The number of benzene rings is 2. The third-order valence-electron chi connectivity index (χ3n) is 4.96. The van der Waals surface area contributed by atoms with Crippen LogP contribution >= 0.6 is 11.8 Å². The number of amidine groups is 2. The second-order valence-corrected chi connectivity index (χ2v) is 8.09. The number of aliphatic imine (C=N–C) groups is 1. The quantitative estimate of drug-likeness (QED) is 0.389. The van der Waals surface area contributed by atoms with Crippen molar-refractivity contribution in [2.75, 3.05) is 26.9 Å². The number of amides is 1. The molecule has 34 heavy (non-hydrogen) atoms. The van der Waals surface area contributed by atoms with Gasteiger partial charge in [-0.05, 0) is 48.2 Å². The van der Waals surface area contributed by atoms with E-state index >= 15 is 0 Å². The SMILES string of the molecule is CCOc1cc(/C=C2/C(=N)N3C=CSC3=NC2=O)ccc1OCCCOc1ccccc1OC. The molecule has 0 aliphatic carbocycles. The van der Waals surface area contributed by atoms with Crippen molar-refractivity contribution in [2.45, 2.75) is 13.3 Å². The Balaban J connectivity index is 1.39. The zero-order valence-corrected chi connectivity index (χ0v) is 19.8. The third kappa shape index (κ3) is 5.26. The first-order chi connectivity index (χ1) is 16.6. The van der Waals surface area contributed by atoms with Crippen molar-refractivity contribution < 1.29 is 23.7 Å². The standard InChI is InChI=1S/C25H25N3O5S/c1-3-31-22-16-17(15-18-23(26)28-11-14-34-25(28)27-24(18)29)9-10-21(22)33-13-6-12-32-20-8-5-4-7-19(20)30-2/h4-5,7-11,14-16,26H,3,6,12-13H2,1-2H3/b18-15-,26-23?. The summed E-state index contributed by atoms with van der Waals surface area (Å²) in [6.07, 6.45) is 4.05. The van der Waals surface area contributed by atoms with Crippen LogP contribution in [0.3, 0.4) is 0 Å². The summed E-state index contributed by atoms with van der Waals surface area (Å²) < 4.78 is 22.7. The minimum Gasteiger partial charge on any atom is -0.493 e. The molecule has 2 aliphatic rings. The molecule has 0 bridgehead atoms. The second-order valence-electron chi connectivity index (χ2n) is 7.22. The van der Waals surface area contributed by atoms with Crippen molar-refractivity contribution in [3.63, 3.8) is 0 Å². The molecule has 176 valence electrons. The molecule has 0 aromatic heterocycles. The first-order valence-corrected chi connectivity index (χ1v) is 11.7. The molecule has 9 heteroatoms. The average molecular weight is 480 g/mol. The first-order valence-electron chi connectivity index (χ1n) is 10.8. The van der Waals surface area contributed by atoms with Gasteiger partial charge in [-0.1, -0.05) is 30.0 Å². The highest BCUT2D eigenvalue weighted by molar-refractivity contribution is 8.16. The van der Waals surface area contributed by atoms with Crippen molar-refractivity contribution in [1.29, 1.82) is 5.41 Å². The van der Waals surface area contributed by atoms with Gasteiger partial charge in [0.2, 0.25) is 0 Å². The van der Waals surface area contributed by atoms with Gasteiger partial charge < -0.3 is 18.9 Å². The smallest absolute Gasteiger partial charge is 0.283 e. The molecule has 2 heterocycles. The highest BCUT2D eigenvalue weighted by Gasteiger charge is 2.31. The second kappa shape index (κ2) is 10.9. The molecule has 1 amide bonds. The van der Waals surface area contributed by atoms with E-state index < -0.39 is 5.91 Å². The lowest BCUT2D eigenvalue weighted by Gasteiger charge is -2.22. The van der Waals surface area contributed by atoms with Gasteiger partial charge in [-0.3, -0.25) is 15.1 Å². The van der Waals surface area contributed by atoms with Gasteiger partial charge >= 0.3 is 0 Å². The number of fused-ring (bicyclic) bond motifs is 1. The van der Waals surface area contributed by atoms with Gasteiger partial charge in [0.25, 0.3) is 5.91 Å². The Bertz CT molecular complexity index is 1170. The fourth-order valence-electron chi connectivity index (χ4n) is 3.36. The molecule has 0 spiro atoms. The van der Waals surface area contributed by atoms with E-state index in [-0.39, 0.29) is 11.4 Å². The van der Waals surface area contributed by atoms with Gasteiger partial charge in [0, 0.05) is 12.6 Å². The van der Waals surface area contributed by atoms with E-state index in [2.05, 4.69) is 4.99 Å². The zero-order valence-electron chi connectivity index (χ0n) is 18.9. The van der Waals surface area contributed by atoms with E-state index in [0.717, 1.165) is 5.56 Å². The van der Waals surface area contributed by atoms with E-state index in [4.69, 9.17) is 24.4 Å². The number of thioether (sulfide) groups is 1. The maximum Gasteiger partial charge on any atom is 0.283 e. The van der Waals surface area contributed by atoms with Crippen LogP contribution in [0, 0.1) is 5.41 Å². The summed E-state index contributed by atoms with van der Waals surface area (Å²) in [5, 5.41) is 10.7. The number of carbonyl (C=O) groups is 1. The van der Waals surface area contributed by atoms with Crippen molar-refractivity contribution in [2.24, 2.45) is 4.99 Å². The molecule has 0 saturated carbocycles. The van der Waals surface area contributed by atoms with E-state index in [9.17, 15) is 4.79 Å². The third-order valence-corrected chi connectivity index (χ3v) is 5.72. The maximum atomic E-state index is 12.4. The van der Waals surface area contributed by atoms with Crippen molar-refractivity contribution >= 4 is 34.7 Å². The number of methoxy groups -OCH3 is 1. The number of hydrogen-bond acceptors (Lipinski definition) is 7. The minimum atomic E-state index is -0.430.